The van der Waals surface area contributed by atoms with Gasteiger partial charge in [0.05, 0.1) is 10.9 Å². The molecule has 1 heterocycles. The van der Waals surface area contributed by atoms with E-state index in [0.29, 0.717) is 15.8 Å². The molecule has 6 heteroatoms. The van der Waals surface area contributed by atoms with Crippen LogP contribution in [0.5, 0.6) is 0 Å². The largest absolute Gasteiger partial charge is 0.480 e. The van der Waals surface area contributed by atoms with E-state index in [9.17, 15) is 14.7 Å². The Morgan fingerprint density at radius 3 is 2.79 bits per heavy atom. The van der Waals surface area contributed by atoms with Gasteiger partial charge in [-0.1, -0.05) is 11.6 Å². The first kappa shape index (κ1) is 14.4. The van der Waals surface area contributed by atoms with Crippen LogP contribution in [-0.4, -0.2) is 39.1 Å². The van der Waals surface area contributed by atoms with Crippen molar-refractivity contribution >= 4 is 39.6 Å². The van der Waals surface area contributed by atoms with Crippen LogP contribution in [0.4, 0.5) is 0 Å². The fourth-order valence-electron chi connectivity index (χ4n) is 2.08. The fourth-order valence-corrected chi connectivity index (χ4v) is 3.67. The number of benzene rings is 1. The van der Waals surface area contributed by atoms with Gasteiger partial charge in [-0.25, -0.2) is 4.79 Å². The zero-order valence-corrected chi connectivity index (χ0v) is 13.0. The second-order valence-corrected chi connectivity index (χ2v) is 6.69. The number of amides is 1. The number of aliphatic carboxylic acids is 1. The molecule has 2 atom stereocenters. The molecule has 19 heavy (non-hydrogen) atoms. The highest BCUT2D eigenvalue weighted by molar-refractivity contribution is 9.10. The third kappa shape index (κ3) is 2.79. The Kier molecular flexibility index (Phi) is 4.20. The first-order valence-electron chi connectivity index (χ1n) is 5.85. The Bertz CT molecular complexity index is 535. The molecule has 1 aromatic carbocycles. The SMILES string of the molecule is Cc1ccc(Br)c(C(=O)N2C(C)SCC2C(=O)O)c1. The number of rotatable bonds is 2. The van der Waals surface area contributed by atoms with Gasteiger partial charge in [0.1, 0.15) is 6.04 Å². The zero-order chi connectivity index (χ0) is 14.2. The number of carbonyl (C=O) groups excluding carboxylic acids is 1. The van der Waals surface area contributed by atoms with Gasteiger partial charge < -0.3 is 10.0 Å². The number of carboxylic acid groups (broad SMARTS) is 1. The van der Waals surface area contributed by atoms with Crippen LogP contribution in [0.15, 0.2) is 22.7 Å². The van der Waals surface area contributed by atoms with E-state index in [-0.39, 0.29) is 11.3 Å². The summed E-state index contributed by atoms with van der Waals surface area (Å²) < 4.78 is 0.691. The minimum Gasteiger partial charge on any atom is -0.480 e. The van der Waals surface area contributed by atoms with Crippen LogP contribution in [0.1, 0.15) is 22.8 Å². The zero-order valence-electron chi connectivity index (χ0n) is 10.6. The van der Waals surface area contributed by atoms with E-state index >= 15 is 0 Å². The van der Waals surface area contributed by atoms with Crippen molar-refractivity contribution in [3.63, 3.8) is 0 Å². The lowest BCUT2D eigenvalue weighted by atomic mass is 10.1. The number of halogens is 1. The van der Waals surface area contributed by atoms with E-state index in [1.54, 1.807) is 6.07 Å². The molecule has 1 N–H and O–H groups in total. The number of nitrogens with zero attached hydrogens (tertiary/aromatic N) is 1. The minimum absolute atomic E-state index is 0.124. The Labute approximate surface area is 124 Å². The molecule has 0 aliphatic carbocycles. The molecule has 4 nitrogen and oxygen atoms in total. The van der Waals surface area contributed by atoms with Crippen molar-refractivity contribution in [1.29, 1.82) is 0 Å². The highest BCUT2D eigenvalue weighted by Gasteiger charge is 2.40. The van der Waals surface area contributed by atoms with Gasteiger partial charge in [0.2, 0.25) is 0 Å². The monoisotopic (exact) mass is 343 g/mol. The molecule has 1 fully saturated rings. The molecule has 1 aromatic rings. The van der Waals surface area contributed by atoms with Crippen molar-refractivity contribution in [2.75, 3.05) is 5.75 Å². The predicted octanol–water partition coefficient (Wildman–Crippen LogP) is 2.75. The molecular weight excluding hydrogens is 330 g/mol. The van der Waals surface area contributed by atoms with Crippen LogP contribution in [0.2, 0.25) is 0 Å². The number of carbonyl (C=O) groups is 2. The summed E-state index contributed by atoms with van der Waals surface area (Å²) in [5.74, 6) is -0.750. The van der Waals surface area contributed by atoms with E-state index in [1.807, 2.05) is 26.0 Å². The van der Waals surface area contributed by atoms with Crippen molar-refractivity contribution < 1.29 is 14.7 Å². The molecule has 1 amide bonds. The summed E-state index contributed by atoms with van der Waals surface area (Å²) in [5, 5.41) is 9.08. The maximum Gasteiger partial charge on any atom is 0.327 e. The maximum absolute atomic E-state index is 12.6. The van der Waals surface area contributed by atoms with Crippen LogP contribution in [-0.2, 0) is 4.79 Å². The van der Waals surface area contributed by atoms with Crippen molar-refractivity contribution in [1.82, 2.24) is 4.90 Å². The van der Waals surface area contributed by atoms with Crippen LogP contribution >= 0.6 is 27.7 Å². The van der Waals surface area contributed by atoms with Gasteiger partial charge >= 0.3 is 5.97 Å². The van der Waals surface area contributed by atoms with E-state index in [0.717, 1.165) is 5.56 Å². The summed E-state index contributed by atoms with van der Waals surface area (Å²) in [5.41, 5.74) is 1.48. The highest BCUT2D eigenvalue weighted by atomic mass is 79.9. The topological polar surface area (TPSA) is 57.6 Å². The molecule has 102 valence electrons. The number of carboxylic acids is 1. The summed E-state index contributed by atoms with van der Waals surface area (Å²) >= 11 is 4.84. The molecule has 1 saturated heterocycles. The Morgan fingerprint density at radius 2 is 2.16 bits per heavy atom. The van der Waals surface area contributed by atoms with Gasteiger partial charge in [0, 0.05) is 10.2 Å². The second kappa shape index (κ2) is 5.54. The first-order chi connectivity index (χ1) is 8.91. The van der Waals surface area contributed by atoms with E-state index in [1.165, 1.54) is 16.7 Å². The minimum atomic E-state index is -0.950. The summed E-state index contributed by atoms with van der Waals surface area (Å²) in [6, 6.07) is 4.74. The first-order valence-corrected chi connectivity index (χ1v) is 7.69. The average Bonchev–Trinajstić information content (AvgIpc) is 2.73. The van der Waals surface area contributed by atoms with Crippen LogP contribution in [0.3, 0.4) is 0 Å². The summed E-state index contributed by atoms with van der Waals surface area (Å²) in [6.45, 7) is 3.76. The predicted molar refractivity (Wildman–Crippen MR) is 78.4 cm³/mol. The van der Waals surface area contributed by atoms with Gasteiger partial charge in [0.15, 0.2) is 0 Å². The molecule has 0 radical (unpaired) electrons. The third-order valence-corrected chi connectivity index (χ3v) is 5.00. The molecule has 1 aliphatic rings. The van der Waals surface area contributed by atoms with Crippen LogP contribution < -0.4 is 0 Å². The molecule has 2 unspecified atom stereocenters. The van der Waals surface area contributed by atoms with Crippen molar-refractivity contribution in [2.45, 2.75) is 25.3 Å². The van der Waals surface area contributed by atoms with Gasteiger partial charge in [-0.2, -0.15) is 0 Å². The van der Waals surface area contributed by atoms with Crippen molar-refractivity contribution in [3.8, 4) is 0 Å². The molecule has 0 saturated carbocycles. The Balaban J connectivity index is 2.37. The fraction of sp³-hybridized carbons (Fsp3) is 0.385. The van der Waals surface area contributed by atoms with Gasteiger partial charge in [-0.3, -0.25) is 4.79 Å². The lowest BCUT2D eigenvalue weighted by molar-refractivity contribution is -0.141. The van der Waals surface area contributed by atoms with Crippen LogP contribution in [0.25, 0.3) is 0 Å². The molecular formula is C13H14BrNO3S. The lowest BCUT2D eigenvalue weighted by Crippen LogP contribution is -2.44. The average molecular weight is 344 g/mol. The van der Waals surface area contributed by atoms with E-state index in [2.05, 4.69) is 15.9 Å². The highest BCUT2D eigenvalue weighted by Crippen LogP contribution is 2.32. The lowest BCUT2D eigenvalue weighted by Gasteiger charge is -2.25. The summed E-state index contributed by atoms with van der Waals surface area (Å²) in [4.78, 5) is 25.2. The summed E-state index contributed by atoms with van der Waals surface area (Å²) in [7, 11) is 0. The number of aryl methyl sites for hydroxylation is 1. The van der Waals surface area contributed by atoms with Crippen LogP contribution in [0, 0.1) is 6.92 Å². The van der Waals surface area contributed by atoms with Gasteiger partial charge in [-0.05, 0) is 41.9 Å². The molecule has 0 spiro atoms. The normalized spacial score (nSPS) is 22.6. The Hall–Kier alpha value is -1.01. The number of hydrogen-bond donors (Lipinski definition) is 1. The quantitative estimate of drug-likeness (QED) is 0.896. The molecule has 1 aliphatic heterocycles. The molecule has 2 rings (SSSR count). The standard InChI is InChI=1S/C13H14BrNO3S/c1-7-3-4-10(14)9(5-7)12(16)15-8(2)19-6-11(15)13(17)18/h3-5,8,11H,6H2,1-2H3,(H,17,18). The van der Waals surface area contributed by atoms with Crippen molar-refractivity contribution in [3.05, 3.63) is 33.8 Å². The number of hydrogen-bond acceptors (Lipinski definition) is 3. The van der Waals surface area contributed by atoms with E-state index in [4.69, 9.17) is 0 Å². The molecule has 0 aromatic heterocycles. The maximum atomic E-state index is 12.6. The second-order valence-electron chi connectivity index (χ2n) is 4.48. The number of thioether (sulfide) groups is 1. The van der Waals surface area contributed by atoms with E-state index < -0.39 is 12.0 Å². The van der Waals surface area contributed by atoms with Gasteiger partial charge in [0.25, 0.3) is 5.91 Å². The Morgan fingerprint density at radius 1 is 1.47 bits per heavy atom. The van der Waals surface area contributed by atoms with Gasteiger partial charge in [-0.15, -0.1) is 11.8 Å². The third-order valence-electron chi connectivity index (χ3n) is 3.09. The molecule has 0 bridgehead atoms. The summed E-state index contributed by atoms with van der Waals surface area (Å²) in [6.07, 6.45) is 0. The van der Waals surface area contributed by atoms with Crippen molar-refractivity contribution in [2.24, 2.45) is 0 Å². The smallest absolute Gasteiger partial charge is 0.327 e.